The van der Waals surface area contributed by atoms with Crippen molar-refractivity contribution in [3.05, 3.63) is 29.8 Å². The van der Waals surface area contributed by atoms with Gasteiger partial charge in [0.25, 0.3) is 5.92 Å². The summed E-state index contributed by atoms with van der Waals surface area (Å²) >= 11 is 0. The number of carbonyl (C=O) groups is 1. The fourth-order valence-electron chi connectivity index (χ4n) is 2.59. The average molecular weight is 407 g/mol. The van der Waals surface area contributed by atoms with Crippen LogP contribution in [0.1, 0.15) is 52.0 Å². The second-order valence-corrected chi connectivity index (χ2v) is 6.42. The van der Waals surface area contributed by atoms with Crippen LogP contribution >= 0.6 is 12.4 Å². The van der Waals surface area contributed by atoms with E-state index in [1.165, 1.54) is 12.1 Å². The summed E-state index contributed by atoms with van der Waals surface area (Å²) < 4.78 is 34.4. The third kappa shape index (κ3) is 9.38. The molecule has 0 aromatic heterocycles. The predicted octanol–water partition coefficient (Wildman–Crippen LogP) is 4.62. The van der Waals surface area contributed by atoms with Crippen LogP contribution in [0, 0.1) is 0 Å². The van der Waals surface area contributed by atoms with Gasteiger partial charge in [-0.05, 0) is 31.4 Å². The third-order valence-electron chi connectivity index (χ3n) is 3.99. The Morgan fingerprint density at radius 2 is 1.81 bits per heavy atom. The number of ether oxygens (including phenoxy) is 1. The number of alkyl halides is 2. The van der Waals surface area contributed by atoms with Crippen LogP contribution in [0.15, 0.2) is 24.3 Å². The van der Waals surface area contributed by atoms with E-state index < -0.39 is 12.5 Å². The first-order valence-corrected chi connectivity index (χ1v) is 9.54. The zero-order valence-electron chi connectivity index (χ0n) is 16.6. The second kappa shape index (κ2) is 13.7. The Morgan fingerprint density at radius 1 is 1.15 bits per heavy atom. The minimum atomic E-state index is -3.06. The molecule has 0 fully saturated rings. The minimum absolute atomic E-state index is 0. The third-order valence-corrected chi connectivity index (χ3v) is 3.99. The number of nitrogens with zero attached hydrogens (tertiary/aromatic N) is 1. The van der Waals surface area contributed by atoms with Gasteiger partial charge in [0.2, 0.25) is 5.91 Å². The van der Waals surface area contributed by atoms with E-state index in [0.717, 1.165) is 25.7 Å². The number of halogens is 3. The molecule has 0 aliphatic carbocycles. The number of amides is 1. The highest BCUT2D eigenvalue weighted by atomic mass is 35.5. The van der Waals surface area contributed by atoms with Crippen molar-refractivity contribution >= 4 is 18.3 Å². The van der Waals surface area contributed by atoms with E-state index >= 15 is 0 Å². The largest absolute Gasteiger partial charge is 0.494 e. The summed E-state index contributed by atoms with van der Waals surface area (Å²) in [6.07, 6.45) is 3.58. The first-order valence-electron chi connectivity index (χ1n) is 9.54. The number of unbranched alkanes of at least 4 members (excludes halogenated alkanes) is 1. The van der Waals surface area contributed by atoms with Gasteiger partial charge in [0.1, 0.15) is 5.75 Å². The number of benzene rings is 1. The molecule has 0 aliphatic heterocycles. The smallest absolute Gasteiger partial charge is 0.285 e. The van der Waals surface area contributed by atoms with Crippen molar-refractivity contribution in [2.75, 3.05) is 32.8 Å². The van der Waals surface area contributed by atoms with Gasteiger partial charge in [-0.1, -0.05) is 39.3 Å². The van der Waals surface area contributed by atoms with Gasteiger partial charge in [-0.25, -0.2) is 0 Å². The number of hydrogen-bond donors (Lipinski definition) is 1. The van der Waals surface area contributed by atoms with Crippen LogP contribution in [0.4, 0.5) is 8.78 Å². The van der Waals surface area contributed by atoms with Gasteiger partial charge in [-0.15, -0.1) is 12.4 Å². The zero-order chi connectivity index (χ0) is 19.4. The van der Waals surface area contributed by atoms with E-state index in [9.17, 15) is 13.6 Å². The van der Waals surface area contributed by atoms with Crippen molar-refractivity contribution in [2.24, 2.45) is 0 Å². The molecule has 0 heterocycles. The van der Waals surface area contributed by atoms with Crippen molar-refractivity contribution < 1.29 is 18.3 Å². The highest BCUT2D eigenvalue weighted by Crippen LogP contribution is 2.29. The normalized spacial score (nSPS) is 11.0. The summed E-state index contributed by atoms with van der Waals surface area (Å²) in [5.74, 6) is -2.75. The summed E-state index contributed by atoms with van der Waals surface area (Å²) in [7, 11) is 0. The topological polar surface area (TPSA) is 41.6 Å². The first-order chi connectivity index (χ1) is 12.4. The van der Waals surface area contributed by atoms with E-state index in [0.29, 0.717) is 25.4 Å². The Kier molecular flexibility index (Phi) is 13.0. The van der Waals surface area contributed by atoms with Gasteiger partial charge in [-0.2, -0.15) is 8.78 Å². The highest BCUT2D eigenvalue weighted by Gasteiger charge is 2.31. The molecule has 0 saturated heterocycles. The van der Waals surface area contributed by atoms with E-state index in [2.05, 4.69) is 5.32 Å². The summed E-state index contributed by atoms with van der Waals surface area (Å²) in [6.45, 7) is 7.20. The van der Waals surface area contributed by atoms with Crippen LogP contribution in [-0.4, -0.2) is 43.6 Å². The van der Waals surface area contributed by atoms with Gasteiger partial charge < -0.3 is 15.0 Å². The van der Waals surface area contributed by atoms with E-state index in [1.807, 2.05) is 20.8 Å². The Bertz CT molecular complexity index is 538. The number of hydrogen-bond acceptors (Lipinski definition) is 3. The molecule has 1 rings (SSSR count). The fourth-order valence-corrected chi connectivity index (χ4v) is 2.59. The molecule has 1 aromatic rings. The quantitative estimate of drug-likeness (QED) is 0.486. The summed E-state index contributed by atoms with van der Waals surface area (Å²) in [5.41, 5.74) is -0.106. The van der Waals surface area contributed by atoms with E-state index in [4.69, 9.17) is 4.74 Å². The molecule has 7 heteroatoms. The monoisotopic (exact) mass is 406 g/mol. The van der Waals surface area contributed by atoms with Crippen molar-refractivity contribution in [1.29, 1.82) is 0 Å². The molecule has 1 aromatic carbocycles. The molecule has 0 spiro atoms. The molecule has 0 saturated carbocycles. The van der Waals surface area contributed by atoms with Gasteiger partial charge in [-0.3, -0.25) is 4.79 Å². The van der Waals surface area contributed by atoms with Crippen LogP contribution in [0.2, 0.25) is 0 Å². The van der Waals surface area contributed by atoms with Crippen LogP contribution in [0.25, 0.3) is 0 Å². The highest BCUT2D eigenvalue weighted by molar-refractivity contribution is 5.85. The predicted molar refractivity (Wildman–Crippen MR) is 108 cm³/mol. The molecule has 0 aliphatic rings. The molecule has 4 nitrogen and oxygen atoms in total. The van der Waals surface area contributed by atoms with Crippen LogP contribution in [-0.2, 0) is 10.7 Å². The maximum Gasteiger partial charge on any atom is 0.285 e. The molecule has 0 radical (unpaired) electrons. The lowest BCUT2D eigenvalue weighted by Crippen LogP contribution is -2.41. The number of nitrogens with one attached hydrogen (secondary N) is 1. The van der Waals surface area contributed by atoms with Crippen molar-refractivity contribution in [3.8, 4) is 5.75 Å². The SMILES string of the molecule is CCCCOc1cccc(C(F)(F)CNCC(=O)N(CCC)CCC)c1.Cl. The van der Waals surface area contributed by atoms with Crippen molar-refractivity contribution in [3.63, 3.8) is 0 Å². The summed E-state index contributed by atoms with van der Waals surface area (Å²) in [5, 5.41) is 2.61. The molecule has 1 amide bonds. The second-order valence-electron chi connectivity index (χ2n) is 6.42. The maximum absolute atomic E-state index is 14.4. The standard InChI is InChI=1S/C20H32F2N2O2.ClH/c1-4-7-13-26-18-10-8-9-17(14-18)20(21,22)16-23-15-19(25)24(11-5-2)12-6-3;/h8-10,14,23H,4-7,11-13,15-16H2,1-3H3;1H. The Balaban J connectivity index is 0.00000676. The van der Waals surface area contributed by atoms with E-state index in [-0.39, 0.29) is 30.4 Å². The molecule has 0 unspecified atom stereocenters. The molecule has 0 bridgehead atoms. The van der Waals surface area contributed by atoms with Crippen LogP contribution in [0.3, 0.4) is 0 Å². The zero-order valence-corrected chi connectivity index (χ0v) is 17.4. The number of rotatable bonds is 13. The van der Waals surface area contributed by atoms with E-state index in [1.54, 1.807) is 17.0 Å². The van der Waals surface area contributed by atoms with Gasteiger partial charge in [0, 0.05) is 18.7 Å². The molecule has 0 atom stereocenters. The molecular formula is C20H33ClF2N2O2. The lowest BCUT2D eigenvalue weighted by atomic mass is 10.1. The molecule has 156 valence electrons. The van der Waals surface area contributed by atoms with Crippen molar-refractivity contribution in [2.45, 2.75) is 52.4 Å². The van der Waals surface area contributed by atoms with Crippen molar-refractivity contribution in [1.82, 2.24) is 10.2 Å². The van der Waals surface area contributed by atoms with Gasteiger partial charge in [0.05, 0.1) is 19.7 Å². The lowest BCUT2D eigenvalue weighted by molar-refractivity contribution is -0.130. The van der Waals surface area contributed by atoms with Gasteiger partial charge in [0.15, 0.2) is 0 Å². The minimum Gasteiger partial charge on any atom is -0.494 e. The van der Waals surface area contributed by atoms with Gasteiger partial charge >= 0.3 is 0 Å². The molecule has 27 heavy (non-hydrogen) atoms. The Labute approximate surface area is 168 Å². The van der Waals surface area contributed by atoms with Crippen LogP contribution in [0.5, 0.6) is 5.75 Å². The average Bonchev–Trinajstić information content (AvgIpc) is 2.62. The Morgan fingerprint density at radius 3 is 2.41 bits per heavy atom. The maximum atomic E-state index is 14.4. The fraction of sp³-hybridized carbons (Fsp3) is 0.650. The first kappa shape index (κ1) is 25.6. The number of carbonyl (C=O) groups excluding carboxylic acids is 1. The molecular weight excluding hydrogens is 374 g/mol. The summed E-state index contributed by atoms with van der Waals surface area (Å²) in [4.78, 5) is 13.9. The summed E-state index contributed by atoms with van der Waals surface area (Å²) in [6, 6.07) is 6.01. The lowest BCUT2D eigenvalue weighted by Gasteiger charge is -2.23. The Hall–Kier alpha value is -1.40. The molecule has 1 N–H and O–H groups in total. The van der Waals surface area contributed by atoms with Crippen LogP contribution < -0.4 is 10.1 Å².